The Bertz CT molecular complexity index is 33.9. The second kappa shape index (κ2) is 3.31. The van der Waals surface area contributed by atoms with Gasteiger partial charge in [-0.15, -0.1) is 0 Å². The van der Waals surface area contributed by atoms with Gasteiger partial charge >= 0.3 is 0 Å². The highest BCUT2D eigenvalue weighted by atomic mass is 35.5. The summed E-state index contributed by atoms with van der Waals surface area (Å²) in [7, 11) is 0. The van der Waals surface area contributed by atoms with E-state index in [2.05, 4.69) is 27.7 Å². The van der Waals surface area contributed by atoms with Gasteiger partial charge in [-0.3, -0.25) is 0 Å². The van der Waals surface area contributed by atoms with Gasteiger partial charge < -0.3 is 12.4 Å². The third-order valence-corrected chi connectivity index (χ3v) is 1.06. The average molecular weight is 122 g/mol. The van der Waals surface area contributed by atoms with Crippen molar-refractivity contribution in [3.63, 3.8) is 0 Å². The van der Waals surface area contributed by atoms with Crippen LogP contribution in [0.5, 0.6) is 0 Å². The van der Waals surface area contributed by atoms with Crippen molar-refractivity contribution in [2.75, 3.05) is 0 Å². The predicted octanol–water partition coefficient (Wildman–Crippen LogP) is -0.553. The molecule has 0 aliphatic rings. The second-order valence-corrected chi connectivity index (χ2v) is 2.91. The lowest BCUT2D eigenvalue weighted by molar-refractivity contribution is -0.00000207. The molecule has 0 heterocycles. The molecule has 0 saturated carbocycles. The van der Waals surface area contributed by atoms with Crippen molar-refractivity contribution in [3.05, 3.63) is 0 Å². The van der Waals surface area contributed by atoms with Gasteiger partial charge in [-0.25, -0.2) is 0 Å². The number of rotatable bonds is 0. The third kappa shape index (κ3) is 10.7. The van der Waals surface area contributed by atoms with Crippen LogP contribution in [0.3, 0.4) is 0 Å². The van der Waals surface area contributed by atoms with E-state index in [0.717, 1.165) is 0 Å². The molecule has 0 radical (unpaired) electrons. The smallest absolute Gasteiger partial charge is 0.0385 e. The van der Waals surface area contributed by atoms with E-state index in [9.17, 15) is 0 Å². The third-order valence-electron chi connectivity index (χ3n) is 1.06. The van der Waals surface area contributed by atoms with Crippen LogP contribution in [0.15, 0.2) is 0 Å². The molecule has 0 aliphatic heterocycles. The van der Waals surface area contributed by atoms with Gasteiger partial charge in [-0.1, -0.05) is 34.1 Å². The van der Waals surface area contributed by atoms with Crippen molar-refractivity contribution in [2.24, 2.45) is 5.41 Å². The van der Waals surface area contributed by atoms with E-state index in [4.69, 9.17) is 0 Å². The van der Waals surface area contributed by atoms with Gasteiger partial charge in [-0.05, 0) is 5.41 Å². The summed E-state index contributed by atoms with van der Waals surface area (Å²) in [6.07, 6.45) is 1.27. The molecule has 0 saturated heterocycles. The van der Waals surface area contributed by atoms with Crippen LogP contribution in [0.25, 0.3) is 0 Å². The van der Waals surface area contributed by atoms with Crippen LogP contribution in [0.1, 0.15) is 34.1 Å². The molecule has 0 amide bonds. The van der Waals surface area contributed by atoms with E-state index in [1.807, 2.05) is 0 Å². The zero-order chi connectivity index (χ0) is 5.21. The van der Waals surface area contributed by atoms with Gasteiger partial charge in [0.1, 0.15) is 0 Å². The minimum atomic E-state index is 0. The normalized spacial score (nSPS) is 10.3. The van der Waals surface area contributed by atoms with Gasteiger partial charge in [0.15, 0.2) is 0 Å². The molecule has 0 N–H and O–H groups in total. The zero-order valence-electron chi connectivity index (χ0n) is 5.59. The Morgan fingerprint density at radius 2 is 1.29 bits per heavy atom. The fourth-order valence-corrected chi connectivity index (χ4v) is 0. The molecule has 0 spiro atoms. The minimum absolute atomic E-state index is 0. The molecule has 46 valence electrons. The predicted molar refractivity (Wildman–Crippen MR) is 29.7 cm³/mol. The maximum absolute atomic E-state index is 2.24. The van der Waals surface area contributed by atoms with Crippen molar-refractivity contribution >= 4 is 0 Å². The first-order valence-electron chi connectivity index (χ1n) is 2.56. The summed E-state index contributed by atoms with van der Waals surface area (Å²) < 4.78 is 0. The molecule has 0 nitrogen and oxygen atoms in total. The van der Waals surface area contributed by atoms with E-state index in [1.54, 1.807) is 0 Å². The molecular formula is C6H14Cl-. The fraction of sp³-hybridized carbons (Fsp3) is 1.00. The maximum Gasteiger partial charge on any atom is -0.0385 e. The first kappa shape index (κ1) is 10.3. The number of hydrogen-bond donors (Lipinski definition) is 0. The molecule has 0 aromatic carbocycles. The summed E-state index contributed by atoms with van der Waals surface area (Å²) in [5.74, 6) is 0. The first-order valence-corrected chi connectivity index (χ1v) is 2.56. The number of hydrogen-bond acceptors (Lipinski definition) is 0. The summed E-state index contributed by atoms with van der Waals surface area (Å²) >= 11 is 0. The van der Waals surface area contributed by atoms with E-state index in [-0.39, 0.29) is 12.4 Å². The van der Waals surface area contributed by atoms with Gasteiger partial charge in [-0.2, -0.15) is 0 Å². The first-order chi connectivity index (χ1) is 2.56. The lowest BCUT2D eigenvalue weighted by Gasteiger charge is -2.12. The highest BCUT2D eigenvalue weighted by Gasteiger charge is 2.03. The van der Waals surface area contributed by atoms with Crippen molar-refractivity contribution < 1.29 is 12.4 Å². The quantitative estimate of drug-likeness (QED) is 0.404. The molecule has 0 rings (SSSR count). The molecule has 0 unspecified atom stereocenters. The summed E-state index contributed by atoms with van der Waals surface area (Å²) in [5, 5.41) is 0. The van der Waals surface area contributed by atoms with Crippen LogP contribution >= 0.6 is 0 Å². The molecule has 0 aliphatic carbocycles. The maximum atomic E-state index is 2.24. The van der Waals surface area contributed by atoms with Crippen LogP contribution < -0.4 is 12.4 Å². The topological polar surface area (TPSA) is 0 Å². The summed E-state index contributed by atoms with van der Waals surface area (Å²) in [6.45, 7) is 8.94. The Morgan fingerprint density at radius 3 is 1.29 bits per heavy atom. The van der Waals surface area contributed by atoms with Gasteiger partial charge in [0.2, 0.25) is 0 Å². The van der Waals surface area contributed by atoms with E-state index < -0.39 is 0 Å². The summed E-state index contributed by atoms with van der Waals surface area (Å²) in [5.41, 5.74) is 0.542. The largest absolute Gasteiger partial charge is 1.00 e. The second-order valence-electron chi connectivity index (χ2n) is 2.91. The van der Waals surface area contributed by atoms with E-state index in [1.165, 1.54) is 6.42 Å². The SMILES string of the molecule is CCC(C)(C)C.[Cl-]. The van der Waals surface area contributed by atoms with Crippen LogP contribution in [0.2, 0.25) is 0 Å². The fourth-order valence-electron chi connectivity index (χ4n) is 0. The molecule has 0 aromatic heterocycles. The lowest BCUT2D eigenvalue weighted by Crippen LogP contribution is -3.00. The molecular weight excluding hydrogens is 108 g/mol. The molecule has 7 heavy (non-hydrogen) atoms. The van der Waals surface area contributed by atoms with Gasteiger partial charge in [0.05, 0.1) is 0 Å². The standard InChI is InChI=1S/C6H14.ClH/c1-5-6(2,3)4;/h5H2,1-4H3;1H/p-1. The Balaban J connectivity index is 0. The zero-order valence-corrected chi connectivity index (χ0v) is 6.34. The highest BCUT2D eigenvalue weighted by Crippen LogP contribution is 2.16. The summed E-state index contributed by atoms with van der Waals surface area (Å²) in [4.78, 5) is 0. The monoisotopic (exact) mass is 121 g/mol. The summed E-state index contributed by atoms with van der Waals surface area (Å²) in [6, 6.07) is 0. The lowest BCUT2D eigenvalue weighted by atomic mass is 9.94. The van der Waals surface area contributed by atoms with Crippen molar-refractivity contribution in [1.82, 2.24) is 0 Å². The van der Waals surface area contributed by atoms with Crippen LogP contribution in [0, 0.1) is 5.41 Å². The van der Waals surface area contributed by atoms with Crippen molar-refractivity contribution in [1.29, 1.82) is 0 Å². The molecule has 0 aromatic rings. The average Bonchev–Trinajstić information content (AvgIpc) is 1.35. The minimum Gasteiger partial charge on any atom is -1.00 e. The molecule has 0 atom stereocenters. The van der Waals surface area contributed by atoms with Crippen molar-refractivity contribution in [2.45, 2.75) is 34.1 Å². The highest BCUT2D eigenvalue weighted by molar-refractivity contribution is 4.55. The number of halogens is 1. The van der Waals surface area contributed by atoms with E-state index >= 15 is 0 Å². The van der Waals surface area contributed by atoms with Crippen molar-refractivity contribution in [3.8, 4) is 0 Å². The van der Waals surface area contributed by atoms with Crippen LogP contribution in [-0.4, -0.2) is 0 Å². The Labute approximate surface area is 52.7 Å². The molecule has 1 heteroatoms. The van der Waals surface area contributed by atoms with Crippen LogP contribution in [-0.2, 0) is 0 Å². The Morgan fingerprint density at radius 1 is 1.14 bits per heavy atom. The Hall–Kier alpha value is 0.290. The van der Waals surface area contributed by atoms with Crippen LogP contribution in [0.4, 0.5) is 0 Å². The molecule has 0 bridgehead atoms. The van der Waals surface area contributed by atoms with E-state index in [0.29, 0.717) is 5.41 Å². The van der Waals surface area contributed by atoms with Gasteiger partial charge in [0, 0.05) is 0 Å². The molecule has 0 fully saturated rings. The Kier molecular flexibility index (Phi) is 4.88. The van der Waals surface area contributed by atoms with Gasteiger partial charge in [0.25, 0.3) is 0 Å².